The van der Waals surface area contributed by atoms with E-state index < -0.39 is 27.7 Å². The van der Waals surface area contributed by atoms with Gasteiger partial charge in [0.2, 0.25) is 0 Å². The van der Waals surface area contributed by atoms with Gasteiger partial charge in [-0.1, -0.05) is 15.9 Å². The quantitative estimate of drug-likeness (QED) is 0.315. The van der Waals surface area contributed by atoms with E-state index in [1.54, 1.807) is 0 Å². The van der Waals surface area contributed by atoms with E-state index in [1.807, 2.05) is 0 Å². The number of alkyl halides is 1. The Balaban J connectivity index is 2.30. The average Bonchev–Trinajstić information content (AvgIpc) is 2.34. The number of β-lactam (4-membered cyclic amide) rings is 1. The number of aliphatic carboxylic acids is 1. The first kappa shape index (κ1) is 14.4. The molecular formula is C10H11BrN2O5S. The van der Waals surface area contributed by atoms with E-state index in [1.165, 1.54) is 18.7 Å². The molecule has 1 fully saturated rings. The Morgan fingerprint density at radius 1 is 1.68 bits per heavy atom. The molecule has 2 aliphatic heterocycles. The largest absolute Gasteiger partial charge is 0.477 e. The van der Waals surface area contributed by atoms with E-state index >= 15 is 0 Å². The third kappa shape index (κ3) is 2.26. The maximum atomic E-state index is 11.9. The number of nitrogens with zero attached hydrogens (tertiary/aromatic N) is 1. The van der Waals surface area contributed by atoms with E-state index in [2.05, 4.69) is 15.9 Å². The number of ether oxygens (including phenoxy) is 1. The lowest BCUT2D eigenvalue weighted by Gasteiger charge is -2.52. The van der Waals surface area contributed by atoms with Crippen LogP contribution in [0.3, 0.4) is 0 Å². The lowest BCUT2D eigenvalue weighted by Crippen LogP contribution is -2.74. The highest BCUT2D eigenvalue weighted by atomic mass is 79.9. The first-order valence-electron chi connectivity index (χ1n) is 5.28. The number of carboxylic acids is 1. The average molecular weight is 351 g/mol. The summed E-state index contributed by atoms with van der Waals surface area (Å²) in [6.07, 6.45) is 0. The molecule has 0 aromatic carbocycles. The van der Waals surface area contributed by atoms with Crippen LogP contribution in [0.1, 0.15) is 6.92 Å². The number of carbonyl (C=O) groups is 3. The molecule has 3 N–H and O–H groups in total. The Morgan fingerprint density at radius 3 is 2.84 bits per heavy atom. The van der Waals surface area contributed by atoms with Gasteiger partial charge in [0.05, 0.1) is 0 Å². The van der Waals surface area contributed by atoms with Crippen molar-refractivity contribution in [3.05, 3.63) is 11.3 Å². The first-order valence-corrected chi connectivity index (χ1v) is 7.12. The number of hydrogen-bond acceptors (Lipinski definition) is 6. The smallest absolute Gasteiger partial charge is 0.352 e. The van der Waals surface area contributed by atoms with E-state index in [4.69, 9.17) is 10.5 Å². The number of esters is 1. The van der Waals surface area contributed by atoms with Crippen LogP contribution in [0.4, 0.5) is 0 Å². The molecule has 0 bridgehead atoms. The van der Waals surface area contributed by atoms with Crippen molar-refractivity contribution in [2.24, 2.45) is 5.73 Å². The first-order chi connectivity index (χ1) is 8.76. The fourth-order valence-electron chi connectivity index (χ4n) is 1.90. The van der Waals surface area contributed by atoms with Gasteiger partial charge < -0.3 is 15.6 Å². The molecule has 2 rings (SSSR count). The van der Waals surface area contributed by atoms with Gasteiger partial charge in [-0.2, -0.15) is 0 Å². The minimum absolute atomic E-state index is 0.139. The van der Waals surface area contributed by atoms with E-state index in [0.717, 1.165) is 4.90 Å². The normalized spacial score (nSPS) is 29.7. The Kier molecular flexibility index (Phi) is 3.63. The molecule has 1 unspecified atom stereocenters. The number of nitrogens with two attached hydrogens (primary N) is 1. The van der Waals surface area contributed by atoms with E-state index in [-0.39, 0.29) is 12.3 Å². The monoisotopic (exact) mass is 350 g/mol. The molecule has 2 atom stereocenters. The molecule has 0 aliphatic carbocycles. The van der Waals surface area contributed by atoms with Crippen LogP contribution in [-0.2, 0) is 19.1 Å². The lowest BCUT2D eigenvalue weighted by molar-refractivity contribution is -0.149. The maximum Gasteiger partial charge on any atom is 0.352 e. The molecular weight excluding hydrogens is 340 g/mol. The summed E-state index contributed by atoms with van der Waals surface area (Å²) in [6, 6.07) is 0. The molecule has 0 aromatic rings. The number of amides is 1. The fraction of sp³-hybridized carbons (Fsp3) is 0.500. The molecule has 2 heterocycles. The highest BCUT2D eigenvalue weighted by Gasteiger charge is 2.61. The summed E-state index contributed by atoms with van der Waals surface area (Å²) in [7, 11) is 0. The number of hydrogen-bond donors (Lipinski definition) is 2. The van der Waals surface area contributed by atoms with Crippen molar-refractivity contribution < 1.29 is 24.2 Å². The van der Waals surface area contributed by atoms with Gasteiger partial charge in [-0.3, -0.25) is 14.5 Å². The standard InChI is InChI=1S/C10H11BrN2O5S/c1-4(14)18-2-5-3-19-9-10(11,12)8(17)13(9)6(5)7(15)16/h9H,2-3,12H2,1H3,(H,15,16)/t9-,10?/m1/s1. The zero-order valence-corrected chi connectivity index (χ0v) is 12.3. The van der Waals surface area contributed by atoms with Gasteiger partial charge in [0.25, 0.3) is 5.91 Å². The van der Waals surface area contributed by atoms with Crippen LogP contribution in [0.5, 0.6) is 0 Å². The minimum atomic E-state index is -1.23. The Bertz CT molecular complexity index is 504. The van der Waals surface area contributed by atoms with Gasteiger partial charge in [-0.15, -0.1) is 11.8 Å². The Morgan fingerprint density at radius 2 is 2.32 bits per heavy atom. The van der Waals surface area contributed by atoms with Crippen molar-refractivity contribution >= 4 is 45.5 Å². The van der Waals surface area contributed by atoms with Gasteiger partial charge >= 0.3 is 11.9 Å². The molecule has 7 nitrogen and oxygen atoms in total. The molecule has 0 aromatic heterocycles. The number of thioether (sulfide) groups is 1. The Hall–Kier alpha value is -1.06. The third-order valence-electron chi connectivity index (χ3n) is 2.78. The summed E-state index contributed by atoms with van der Waals surface area (Å²) in [5, 5.41) is 8.76. The summed E-state index contributed by atoms with van der Waals surface area (Å²) >= 11 is 4.42. The second-order valence-electron chi connectivity index (χ2n) is 4.14. The zero-order valence-electron chi connectivity index (χ0n) is 9.88. The zero-order chi connectivity index (χ0) is 14.4. The molecule has 0 radical (unpaired) electrons. The van der Waals surface area contributed by atoms with Crippen molar-refractivity contribution in [3.8, 4) is 0 Å². The van der Waals surface area contributed by atoms with Gasteiger partial charge in [0, 0.05) is 18.2 Å². The molecule has 0 saturated carbocycles. The van der Waals surface area contributed by atoms with Gasteiger partial charge in [0.1, 0.15) is 17.7 Å². The SMILES string of the molecule is CC(=O)OCC1=C(C(=O)O)N2C(=O)C(N)(Br)[C@H]2SC1. The van der Waals surface area contributed by atoms with Crippen LogP contribution >= 0.6 is 27.7 Å². The highest BCUT2D eigenvalue weighted by molar-refractivity contribution is 9.10. The summed E-state index contributed by atoms with van der Waals surface area (Å²) in [6.45, 7) is 1.10. The molecule has 9 heteroatoms. The predicted octanol–water partition coefficient (Wildman–Crippen LogP) is -0.147. The van der Waals surface area contributed by atoms with Crippen LogP contribution < -0.4 is 5.73 Å². The Labute approximate surface area is 121 Å². The van der Waals surface area contributed by atoms with Crippen LogP contribution in [0, 0.1) is 0 Å². The summed E-state index contributed by atoms with van der Waals surface area (Å²) in [5.41, 5.74) is 6.00. The van der Waals surface area contributed by atoms with Crippen molar-refractivity contribution in [2.75, 3.05) is 12.4 Å². The van der Waals surface area contributed by atoms with Gasteiger partial charge in [-0.25, -0.2) is 4.79 Å². The summed E-state index contributed by atoms with van der Waals surface area (Å²) < 4.78 is 3.57. The molecule has 2 aliphatic rings. The second-order valence-corrected chi connectivity index (χ2v) is 6.52. The van der Waals surface area contributed by atoms with Crippen molar-refractivity contribution in [3.63, 3.8) is 0 Å². The summed E-state index contributed by atoms with van der Waals surface area (Å²) in [4.78, 5) is 35.1. The van der Waals surface area contributed by atoms with Crippen LogP contribution in [0.15, 0.2) is 11.3 Å². The van der Waals surface area contributed by atoms with Gasteiger partial charge in [-0.05, 0) is 0 Å². The minimum Gasteiger partial charge on any atom is -0.477 e. The topological polar surface area (TPSA) is 110 Å². The number of fused-ring (bicyclic) bond motifs is 1. The van der Waals surface area contributed by atoms with Crippen molar-refractivity contribution in [1.82, 2.24) is 4.90 Å². The number of carbonyl (C=O) groups excluding carboxylic acids is 2. The van der Waals surface area contributed by atoms with Gasteiger partial charge in [0.15, 0.2) is 4.45 Å². The molecule has 1 amide bonds. The highest BCUT2D eigenvalue weighted by Crippen LogP contribution is 2.47. The van der Waals surface area contributed by atoms with Crippen molar-refractivity contribution in [1.29, 1.82) is 0 Å². The molecule has 1 saturated heterocycles. The third-order valence-corrected chi connectivity index (χ3v) is 5.27. The molecule has 104 valence electrons. The van der Waals surface area contributed by atoms with E-state index in [0.29, 0.717) is 11.3 Å². The molecule has 19 heavy (non-hydrogen) atoms. The van der Waals surface area contributed by atoms with Crippen LogP contribution in [0.2, 0.25) is 0 Å². The molecule has 0 spiro atoms. The van der Waals surface area contributed by atoms with Crippen molar-refractivity contribution in [2.45, 2.75) is 16.7 Å². The number of rotatable bonds is 3. The number of carboxylic acid groups (broad SMARTS) is 1. The number of halogens is 1. The van der Waals surface area contributed by atoms with Crippen LogP contribution in [-0.4, -0.2) is 50.0 Å². The maximum absolute atomic E-state index is 11.9. The second kappa shape index (κ2) is 4.80. The van der Waals surface area contributed by atoms with E-state index in [9.17, 15) is 19.5 Å². The lowest BCUT2D eigenvalue weighted by atomic mass is 10.0. The van der Waals surface area contributed by atoms with Crippen LogP contribution in [0.25, 0.3) is 0 Å². The fourth-order valence-corrected chi connectivity index (χ4v) is 3.97. The predicted molar refractivity (Wildman–Crippen MR) is 70.2 cm³/mol. The summed E-state index contributed by atoms with van der Waals surface area (Å²) in [5.74, 6) is -1.91.